The van der Waals surface area contributed by atoms with Crippen molar-refractivity contribution in [3.63, 3.8) is 0 Å². The van der Waals surface area contributed by atoms with Gasteiger partial charge in [0.15, 0.2) is 11.5 Å². The summed E-state index contributed by atoms with van der Waals surface area (Å²) in [6.45, 7) is 1.52. The fourth-order valence-corrected chi connectivity index (χ4v) is 3.62. The number of carbonyl (C=O) groups is 1. The number of rotatable bonds is 3. The zero-order chi connectivity index (χ0) is 20.4. The van der Waals surface area contributed by atoms with Gasteiger partial charge in [-0.15, -0.1) is 0 Å². The molecule has 0 radical (unpaired) electrons. The predicted octanol–water partition coefficient (Wildman–Crippen LogP) is 3.73. The van der Waals surface area contributed by atoms with Crippen LogP contribution in [0.2, 0.25) is 0 Å². The zero-order valence-electron chi connectivity index (χ0n) is 15.5. The first-order valence-electron chi connectivity index (χ1n) is 9.39. The van der Waals surface area contributed by atoms with E-state index >= 15 is 0 Å². The van der Waals surface area contributed by atoms with E-state index in [0.717, 1.165) is 6.07 Å². The predicted molar refractivity (Wildman–Crippen MR) is 100 cm³/mol. The number of hydrogen-bond acceptors (Lipinski definition) is 5. The maximum absolute atomic E-state index is 13.3. The van der Waals surface area contributed by atoms with Gasteiger partial charge in [0.2, 0.25) is 5.91 Å². The minimum atomic E-state index is -4.50. The number of halogens is 3. The number of carbonyl (C=O) groups excluding carboxylic acids is 1. The highest BCUT2D eigenvalue weighted by molar-refractivity contribution is 5.93. The van der Waals surface area contributed by atoms with Crippen LogP contribution in [0.5, 0.6) is 11.5 Å². The van der Waals surface area contributed by atoms with Gasteiger partial charge < -0.3 is 19.7 Å². The summed E-state index contributed by atoms with van der Waals surface area (Å²) in [6, 6.07) is 7.41. The quantitative estimate of drug-likeness (QED) is 0.840. The molecule has 154 valence electrons. The van der Waals surface area contributed by atoms with Gasteiger partial charge in [-0.1, -0.05) is 0 Å². The summed E-state index contributed by atoms with van der Waals surface area (Å²) in [4.78, 5) is 18.2. The van der Waals surface area contributed by atoms with Crippen LogP contribution in [0, 0.1) is 5.92 Å². The Kier molecular flexibility index (Phi) is 5.21. The van der Waals surface area contributed by atoms with Crippen molar-refractivity contribution in [1.82, 2.24) is 4.98 Å². The average molecular weight is 407 g/mol. The summed E-state index contributed by atoms with van der Waals surface area (Å²) in [5.74, 6) is 0.364. The van der Waals surface area contributed by atoms with E-state index in [-0.39, 0.29) is 18.3 Å². The maximum atomic E-state index is 13.3. The number of amides is 1. The van der Waals surface area contributed by atoms with E-state index < -0.39 is 17.7 Å². The molecule has 0 aliphatic carbocycles. The van der Waals surface area contributed by atoms with Crippen molar-refractivity contribution in [1.29, 1.82) is 0 Å². The smallest absolute Gasteiger partial charge is 0.419 e. The molecule has 1 amide bonds. The minimum Gasteiger partial charge on any atom is -0.486 e. The molecule has 2 aromatic rings. The molecule has 1 atom stereocenters. The highest BCUT2D eigenvalue weighted by Gasteiger charge is 2.37. The van der Waals surface area contributed by atoms with Crippen LogP contribution in [0.25, 0.3) is 0 Å². The van der Waals surface area contributed by atoms with Crippen molar-refractivity contribution in [3.8, 4) is 11.5 Å². The van der Waals surface area contributed by atoms with Crippen molar-refractivity contribution in [2.45, 2.75) is 19.0 Å². The number of nitrogens with zero attached hydrogens (tertiary/aromatic N) is 2. The molecule has 29 heavy (non-hydrogen) atoms. The lowest BCUT2D eigenvalue weighted by Gasteiger charge is -2.34. The topological polar surface area (TPSA) is 63.7 Å². The monoisotopic (exact) mass is 407 g/mol. The van der Waals surface area contributed by atoms with Crippen molar-refractivity contribution in [2.24, 2.45) is 5.92 Å². The third-order valence-electron chi connectivity index (χ3n) is 4.99. The number of nitrogens with one attached hydrogen (secondary N) is 1. The fraction of sp³-hybridized carbons (Fsp3) is 0.400. The Labute approximate surface area is 165 Å². The first-order valence-corrected chi connectivity index (χ1v) is 9.39. The van der Waals surface area contributed by atoms with E-state index in [4.69, 9.17) is 9.47 Å². The van der Waals surface area contributed by atoms with Gasteiger partial charge in [0.25, 0.3) is 0 Å². The Hall–Kier alpha value is -2.97. The largest absolute Gasteiger partial charge is 0.486 e. The van der Waals surface area contributed by atoms with Gasteiger partial charge in [-0.05, 0) is 37.1 Å². The molecule has 2 aliphatic heterocycles. The first-order chi connectivity index (χ1) is 13.9. The van der Waals surface area contributed by atoms with Gasteiger partial charge in [0, 0.05) is 31.0 Å². The van der Waals surface area contributed by atoms with E-state index in [9.17, 15) is 18.0 Å². The van der Waals surface area contributed by atoms with Crippen LogP contribution < -0.4 is 19.7 Å². The van der Waals surface area contributed by atoms with Crippen molar-refractivity contribution in [3.05, 3.63) is 42.1 Å². The highest BCUT2D eigenvalue weighted by Crippen LogP contribution is 2.37. The minimum absolute atomic E-state index is 0.128. The summed E-state index contributed by atoms with van der Waals surface area (Å²) >= 11 is 0. The summed E-state index contributed by atoms with van der Waals surface area (Å²) < 4.78 is 50.9. The summed E-state index contributed by atoms with van der Waals surface area (Å²) in [5.41, 5.74) is -0.224. The lowest BCUT2D eigenvalue weighted by molar-refractivity contribution is -0.137. The number of aromatic nitrogens is 1. The molecule has 1 saturated heterocycles. The van der Waals surface area contributed by atoms with Crippen LogP contribution in [0.15, 0.2) is 36.5 Å². The van der Waals surface area contributed by atoms with Crippen LogP contribution in [0.1, 0.15) is 18.4 Å². The van der Waals surface area contributed by atoms with Crippen LogP contribution >= 0.6 is 0 Å². The standard InChI is InChI=1S/C20H20F3N3O3/c21-20(22,23)15-4-1-7-24-18(15)26-8-2-3-13(12-26)19(27)25-14-5-6-16-17(11-14)29-10-9-28-16/h1,4-7,11,13H,2-3,8-10,12H2,(H,25,27)/t13-/m1/s1. The van der Waals surface area contributed by atoms with Gasteiger partial charge >= 0.3 is 6.18 Å². The molecule has 1 N–H and O–H groups in total. The Balaban J connectivity index is 1.47. The Morgan fingerprint density at radius 2 is 1.97 bits per heavy atom. The summed E-state index contributed by atoms with van der Waals surface area (Å²) in [6.07, 6.45) is -1.96. The fourth-order valence-electron chi connectivity index (χ4n) is 3.62. The van der Waals surface area contributed by atoms with E-state index in [0.29, 0.717) is 49.8 Å². The second kappa shape index (κ2) is 7.81. The molecule has 6 nitrogen and oxygen atoms in total. The second-order valence-electron chi connectivity index (χ2n) is 7.01. The van der Waals surface area contributed by atoms with E-state index in [2.05, 4.69) is 10.3 Å². The lowest BCUT2D eigenvalue weighted by atomic mass is 9.96. The van der Waals surface area contributed by atoms with Gasteiger partial charge in [0.05, 0.1) is 11.5 Å². The number of benzene rings is 1. The average Bonchev–Trinajstić information content (AvgIpc) is 2.73. The van der Waals surface area contributed by atoms with E-state index in [1.54, 1.807) is 23.1 Å². The number of fused-ring (bicyclic) bond motifs is 1. The Bertz CT molecular complexity index is 904. The number of hydrogen-bond donors (Lipinski definition) is 1. The van der Waals surface area contributed by atoms with Crippen LogP contribution in [0.3, 0.4) is 0 Å². The number of anilines is 2. The van der Waals surface area contributed by atoms with Crippen LogP contribution in [-0.2, 0) is 11.0 Å². The summed E-state index contributed by atoms with van der Waals surface area (Å²) in [7, 11) is 0. The highest BCUT2D eigenvalue weighted by atomic mass is 19.4. The summed E-state index contributed by atoms with van der Waals surface area (Å²) in [5, 5.41) is 2.83. The molecule has 1 aromatic carbocycles. The van der Waals surface area contributed by atoms with Gasteiger partial charge in [-0.2, -0.15) is 13.2 Å². The normalized spacial score (nSPS) is 19.0. The zero-order valence-corrected chi connectivity index (χ0v) is 15.5. The first kappa shape index (κ1) is 19.4. The SMILES string of the molecule is O=C(Nc1ccc2c(c1)OCCO2)[C@@H]1CCCN(c2ncccc2C(F)(F)F)C1. The third-order valence-corrected chi connectivity index (χ3v) is 4.99. The molecule has 4 rings (SSSR count). The lowest BCUT2D eigenvalue weighted by Crippen LogP contribution is -2.42. The van der Waals surface area contributed by atoms with E-state index in [1.807, 2.05) is 0 Å². The third kappa shape index (κ3) is 4.23. The second-order valence-corrected chi connectivity index (χ2v) is 7.01. The number of piperidine rings is 1. The van der Waals surface area contributed by atoms with E-state index in [1.165, 1.54) is 12.3 Å². The Morgan fingerprint density at radius 1 is 1.17 bits per heavy atom. The molecule has 3 heterocycles. The maximum Gasteiger partial charge on any atom is 0.419 e. The molecule has 2 aliphatic rings. The Morgan fingerprint density at radius 3 is 2.76 bits per heavy atom. The van der Waals surface area contributed by atoms with Gasteiger partial charge in [-0.25, -0.2) is 4.98 Å². The number of ether oxygens (including phenoxy) is 2. The molecule has 0 saturated carbocycles. The molecular weight excluding hydrogens is 387 g/mol. The molecule has 0 unspecified atom stereocenters. The molecule has 0 spiro atoms. The molecule has 9 heteroatoms. The molecule has 0 bridgehead atoms. The van der Waals surface area contributed by atoms with Crippen molar-refractivity contribution in [2.75, 3.05) is 36.5 Å². The number of alkyl halides is 3. The van der Waals surface area contributed by atoms with Crippen LogP contribution in [-0.4, -0.2) is 37.2 Å². The van der Waals surface area contributed by atoms with Gasteiger partial charge in [0.1, 0.15) is 19.0 Å². The molecular formula is C20H20F3N3O3. The van der Waals surface area contributed by atoms with Crippen LogP contribution in [0.4, 0.5) is 24.7 Å². The van der Waals surface area contributed by atoms with Crippen molar-refractivity contribution < 1.29 is 27.4 Å². The van der Waals surface area contributed by atoms with Crippen molar-refractivity contribution >= 4 is 17.4 Å². The molecule has 1 fully saturated rings. The van der Waals surface area contributed by atoms with Gasteiger partial charge in [-0.3, -0.25) is 4.79 Å². The number of pyridine rings is 1. The molecule has 1 aromatic heterocycles.